The topological polar surface area (TPSA) is 49.3 Å². The van der Waals surface area contributed by atoms with Crippen molar-refractivity contribution in [2.75, 3.05) is 5.32 Å². The van der Waals surface area contributed by atoms with E-state index in [4.69, 9.17) is 0 Å². The van der Waals surface area contributed by atoms with Gasteiger partial charge in [0.2, 0.25) is 0 Å². The molecule has 3 aromatic carbocycles. The second kappa shape index (κ2) is 7.79. The summed E-state index contributed by atoms with van der Waals surface area (Å²) in [7, 11) is -1.05. The monoisotopic (exact) mass is 337 g/mol. The van der Waals surface area contributed by atoms with Crippen LogP contribution in [0.2, 0.25) is 0 Å². The lowest BCUT2D eigenvalue weighted by atomic mass is 10.2. The van der Waals surface area contributed by atoms with Gasteiger partial charge in [0.1, 0.15) is 5.75 Å². The molecule has 0 saturated carbocycles. The summed E-state index contributed by atoms with van der Waals surface area (Å²) in [5.41, 5.74) is 3.01. The largest absolute Gasteiger partial charge is 0.508 e. The van der Waals surface area contributed by atoms with E-state index in [0.717, 1.165) is 21.7 Å². The minimum atomic E-state index is -1.05. The molecule has 0 aromatic heterocycles. The third-order valence-electron chi connectivity index (χ3n) is 3.64. The zero-order valence-electron chi connectivity index (χ0n) is 13.2. The Balaban J connectivity index is 1.65. The molecular formula is C20H19NO2S. The Labute approximate surface area is 144 Å². The van der Waals surface area contributed by atoms with Gasteiger partial charge < -0.3 is 10.4 Å². The number of hydrogen-bond donors (Lipinski definition) is 2. The van der Waals surface area contributed by atoms with Crippen molar-refractivity contribution in [1.82, 2.24) is 0 Å². The fraction of sp³-hybridized carbons (Fsp3) is 0.100. The van der Waals surface area contributed by atoms with Gasteiger partial charge >= 0.3 is 0 Å². The van der Waals surface area contributed by atoms with E-state index in [0.29, 0.717) is 12.3 Å². The Morgan fingerprint density at radius 1 is 0.833 bits per heavy atom. The first-order valence-corrected chi connectivity index (χ1v) is 9.07. The molecule has 0 aliphatic heterocycles. The van der Waals surface area contributed by atoms with Crippen LogP contribution in [0.5, 0.6) is 5.75 Å². The van der Waals surface area contributed by atoms with Crippen molar-refractivity contribution >= 4 is 16.5 Å². The van der Waals surface area contributed by atoms with E-state index in [1.807, 2.05) is 66.7 Å². The summed E-state index contributed by atoms with van der Waals surface area (Å²) in [5, 5.41) is 12.8. The highest BCUT2D eigenvalue weighted by atomic mass is 32.2. The summed E-state index contributed by atoms with van der Waals surface area (Å²) in [4.78, 5) is 0.843. The molecule has 0 fully saturated rings. The normalized spacial score (nSPS) is 11.8. The zero-order chi connectivity index (χ0) is 16.8. The summed E-state index contributed by atoms with van der Waals surface area (Å²) < 4.78 is 12.4. The summed E-state index contributed by atoms with van der Waals surface area (Å²) in [6, 6.07) is 24.6. The van der Waals surface area contributed by atoms with Gasteiger partial charge in [-0.2, -0.15) is 0 Å². The average Bonchev–Trinajstić information content (AvgIpc) is 2.61. The Bertz CT molecular complexity index is 834. The molecule has 4 heteroatoms. The fourth-order valence-corrected chi connectivity index (χ4v) is 3.56. The lowest BCUT2D eigenvalue weighted by Gasteiger charge is -2.09. The Morgan fingerprint density at radius 2 is 1.58 bits per heavy atom. The van der Waals surface area contributed by atoms with Crippen molar-refractivity contribution in [3.8, 4) is 5.75 Å². The molecule has 0 spiro atoms. The minimum Gasteiger partial charge on any atom is -0.508 e. The molecule has 0 aliphatic carbocycles. The molecule has 0 saturated heterocycles. The van der Waals surface area contributed by atoms with Crippen LogP contribution in [-0.4, -0.2) is 9.32 Å². The van der Waals surface area contributed by atoms with Gasteiger partial charge in [-0.25, -0.2) is 0 Å². The van der Waals surface area contributed by atoms with E-state index in [1.165, 1.54) is 0 Å². The molecule has 3 aromatic rings. The van der Waals surface area contributed by atoms with E-state index in [9.17, 15) is 9.32 Å². The van der Waals surface area contributed by atoms with Crippen LogP contribution >= 0.6 is 0 Å². The van der Waals surface area contributed by atoms with E-state index >= 15 is 0 Å². The van der Waals surface area contributed by atoms with Gasteiger partial charge in [-0.3, -0.25) is 4.21 Å². The number of phenols is 1. The van der Waals surface area contributed by atoms with Gasteiger partial charge in [-0.1, -0.05) is 42.5 Å². The Hall–Kier alpha value is -2.59. The SMILES string of the molecule is O=[S@](Cc1cccc(NCc2cccc(O)c2)c1)c1ccccc1. The molecule has 0 bridgehead atoms. The van der Waals surface area contributed by atoms with E-state index in [-0.39, 0.29) is 5.75 Å². The maximum atomic E-state index is 12.4. The standard InChI is InChI=1S/C20H19NO2S/c22-19-9-5-6-16(13-19)14-21-18-8-4-7-17(12-18)15-24(23)20-10-2-1-3-11-20/h1-13,21-22H,14-15H2/t24-/m1/s1. The lowest BCUT2D eigenvalue weighted by Crippen LogP contribution is -2.01. The van der Waals surface area contributed by atoms with Crippen LogP contribution < -0.4 is 5.32 Å². The van der Waals surface area contributed by atoms with Gasteiger partial charge in [0, 0.05) is 17.1 Å². The molecule has 24 heavy (non-hydrogen) atoms. The molecular weight excluding hydrogens is 318 g/mol. The number of rotatable bonds is 6. The van der Waals surface area contributed by atoms with Crippen molar-refractivity contribution in [2.45, 2.75) is 17.2 Å². The predicted molar refractivity (Wildman–Crippen MR) is 98.4 cm³/mol. The molecule has 3 rings (SSSR count). The highest BCUT2D eigenvalue weighted by Crippen LogP contribution is 2.17. The first-order chi connectivity index (χ1) is 11.7. The van der Waals surface area contributed by atoms with Crippen LogP contribution in [0, 0.1) is 0 Å². The second-order valence-corrected chi connectivity index (χ2v) is 6.98. The molecule has 1 atom stereocenters. The quantitative estimate of drug-likeness (QED) is 0.704. The fourth-order valence-electron chi connectivity index (χ4n) is 2.45. The van der Waals surface area contributed by atoms with Gasteiger partial charge in [0.25, 0.3) is 0 Å². The van der Waals surface area contributed by atoms with Gasteiger partial charge in [-0.05, 0) is 47.5 Å². The van der Waals surface area contributed by atoms with Crippen LogP contribution in [0.1, 0.15) is 11.1 Å². The van der Waals surface area contributed by atoms with Crippen LogP contribution in [0.15, 0.2) is 83.8 Å². The van der Waals surface area contributed by atoms with Crippen molar-refractivity contribution < 1.29 is 9.32 Å². The van der Waals surface area contributed by atoms with Crippen LogP contribution in [0.3, 0.4) is 0 Å². The van der Waals surface area contributed by atoms with Crippen molar-refractivity contribution in [3.05, 3.63) is 90.0 Å². The molecule has 0 amide bonds. The summed E-state index contributed by atoms with van der Waals surface area (Å²) in [5.74, 6) is 0.757. The number of hydrogen-bond acceptors (Lipinski definition) is 3. The van der Waals surface area contributed by atoms with Gasteiger partial charge in [-0.15, -0.1) is 0 Å². The number of anilines is 1. The zero-order valence-corrected chi connectivity index (χ0v) is 14.0. The van der Waals surface area contributed by atoms with Crippen LogP contribution in [-0.2, 0) is 23.1 Å². The first-order valence-electron chi connectivity index (χ1n) is 7.75. The third-order valence-corrected chi connectivity index (χ3v) is 5.03. The van der Waals surface area contributed by atoms with Crippen LogP contribution in [0.25, 0.3) is 0 Å². The molecule has 0 radical (unpaired) electrons. The maximum Gasteiger partial charge on any atom is 0.115 e. The van der Waals surface area contributed by atoms with E-state index in [1.54, 1.807) is 12.1 Å². The Kier molecular flexibility index (Phi) is 5.29. The maximum absolute atomic E-state index is 12.4. The van der Waals surface area contributed by atoms with E-state index < -0.39 is 10.8 Å². The Morgan fingerprint density at radius 3 is 2.38 bits per heavy atom. The highest BCUT2D eigenvalue weighted by Gasteiger charge is 2.05. The van der Waals surface area contributed by atoms with Crippen LogP contribution in [0.4, 0.5) is 5.69 Å². The number of aromatic hydroxyl groups is 1. The lowest BCUT2D eigenvalue weighted by molar-refractivity contribution is 0.474. The molecule has 0 aliphatic rings. The molecule has 0 unspecified atom stereocenters. The summed E-state index contributed by atoms with van der Waals surface area (Å²) in [6.07, 6.45) is 0. The molecule has 2 N–H and O–H groups in total. The number of phenolic OH excluding ortho intramolecular Hbond substituents is 1. The van der Waals surface area contributed by atoms with Gasteiger partial charge in [0.15, 0.2) is 0 Å². The minimum absolute atomic E-state index is 0.265. The number of nitrogens with one attached hydrogen (secondary N) is 1. The van der Waals surface area contributed by atoms with E-state index in [2.05, 4.69) is 5.32 Å². The number of benzene rings is 3. The average molecular weight is 337 g/mol. The van der Waals surface area contributed by atoms with Crippen molar-refractivity contribution in [3.63, 3.8) is 0 Å². The van der Waals surface area contributed by atoms with Gasteiger partial charge in [0.05, 0.1) is 16.6 Å². The van der Waals surface area contributed by atoms with Crippen molar-refractivity contribution in [1.29, 1.82) is 0 Å². The third kappa shape index (κ3) is 4.46. The first kappa shape index (κ1) is 16.3. The highest BCUT2D eigenvalue weighted by molar-refractivity contribution is 7.84. The molecule has 3 nitrogen and oxygen atoms in total. The van der Waals surface area contributed by atoms with Crippen molar-refractivity contribution in [2.24, 2.45) is 0 Å². The smallest absolute Gasteiger partial charge is 0.115 e. The second-order valence-electron chi connectivity index (χ2n) is 5.53. The molecule has 122 valence electrons. The summed E-state index contributed by atoms with van der Waals surface area (Å²) in [6.45, 7) is 0.625. The summed E-state index contributed by atoms with van der Waals surface area (Å²) >= 11 is 0. The molecule has 0 heterocycles. The predicted octanol–water partition coefficient (Wildman–Crippen LogP) is 4.31.